The van der Waals surface area contributed by atoms with Crippen molar-refractivity contribution in [3.05, 3.63) is 53.3 Å². The Kier molecular flexibility index (Phi) is 6.15. The van der Waals surface area contributed by atoms with Crippen LogP contribution in [0.1, 0.15) is 27.9 Å². The first-order chi connectivity index (χ1) is 16.5. The fourth-order valence-electron chi connectivity index (χ4n) is 4.57. The minimum atomic E-state index is -0.470. The van der Waals surface area contributed by atoms with E-state index in [9.17, 15) is 9.59 Å². The Bertz CT molecular complexity index is 1230. The normalized spacial score (nSPS) is 15.2. The number of hydrogen-bond acceptors (Lipinski definition) is 7. The summed E-state index contributed by atoms with van der Waals surface area (Å²) in [7, 11) is 3.71. The van der Waals surface area contributed by atoms with Gasteiger partial charge in [-0.15, -0.1) is 0 Å². The van der Waals surface area contributed by atoms with Gasteiger partial charge in [-0.25, -0.2) is 0 Å². The predicted molar refractivity (Wildman–Crippen MR) is 126 cm³/mol. The van der Waals surface area contributed by atoms with E-state index in [2.05, 4.69) is 11.9 Å². The average Bonchev–Trinajstić information content (AvgIpc) is 3.46. The molecule has 0 N–H and O–H groups in total. The topological polar surface area (TPSA) is 81.5 Å². The first kappa shape index (κ1) is 22.3. The van der Waals surface area contributed by atoms with Crippen LogP contribution in [0.3, 0.4) is 0 Å². The van der Waals surface area contributed by atoms with Crippen molar-refractivity contribution < 1.29 is 28.2 Å². The third kappa shape index (κ3) is 4.33. The number of Topliss-reactive ketones (excluding diaryl/α,β-unsaturated/α-hetero) is 1. The molecule has 0 bridgehead atoms. The molecular weight excluding hydrogens is 436 g/mol. The largest absolute Gasteiger partial charge is 0.497 e. The van der Waals surface area contributed by atoms with Gasteiger partial charge in [0.2, 0.25) is 6.79 Å². The lowest BCUT2D eigenvalue weighted by atomic mass is 10.0. The van der Waals surface area contributed by atoms with Crippen LogP contribution in [0.4, 0.5) is 0 Å². The van der Waals surface area contributed by atoms with Crippen molar-refractivity contribution >= 4 is 22.7 Å². The van der Waals surface area contributed by atoms with Crippen LogP contribution in [0, 0.1) is 0 Å². The van der Waals surface area contributed by atoms with Crippen molar-refractivity contribution in [2.45, 2.75) is 19.3 Å². The summed E-state index contributed by atoms with van der Waals surface area (Å²) >= 11 is 0. The number of methoxy groups -OCH3 is 1. The highest BCUT2D eigenvalue weighted by atomic mass is 16.7. The van der Waals surface area contributed by atoms with E-state index in [-0.39, 0.29) is 6.79 Å². The van der Waals surface area contributed by atoms with Crippen LogP contribution in [0.2, 0.25) is 0 Å². The van der Waals surface area contributed by atoms with Gasteiger partial charge in [-0.05, 0) is 68.2 Å². The van der Waals surface area contributed by atoms with Crippen LogP contribution >= 0.6 is 0 Å². The number of amides is 1. The van der Waals surface area contributed by atoms with Crippen molar-refractivity contribution in [3.8, 4) is 17.2 Å². The number of rotatable bonds is 8. The summed E-state index contributed by atoms with van der Waals surface area (Å²) in [6, 6.07) is 9.34. The molecule has 8 heteroatoms. The monoisotopic (exact) mass is 464 g/mol. The van der Waals surface area contributed by atoms with Crippen LogP contribution in [0.25, 0.3) is 11.0 Å². The zero-order valence-corrected chi connectivity index (χ0v) is 19.5. The van der Waals surface area contributed by atoms with Gasteiger partial charge in [0, 0.05) is 36.7 Å². The van der Waals surface area contributed by atoms with Crippen LogP contribution in [0.5, 0.6) is 17.2 Å². The molecule has 5 rings (SSSR count). The number of carbonyl (C=O) groups excluding carboxylic acids is 2. The van der Waals surface area contributed by atoms with Gasteiger partial charge in [-0.2, -0.15) is 0 Å². The first-order valence-electron chi connectivity index (χ1n) is 11.5. The van der Waals surface area contributed by atoms with Gasteiger partial charge in [0.15, 0.2) is 11.5 Å². The molecule has 0 fully saturated rings. The van der Waals surface area contributed by atoms with E-state index in [4.69, 9.17) is 18.6 Å². The van der Waals surface area contributed by atoms with E-state index in [0.29, 0.717) is 36.6 Å². The highest BCUT2D eigenvalue weighted by molar-refractivity contribution is 6.43. The molecule has 2 aromatic carbocycles. The van der Waals surface area contributed by atoms with E-state index < -0.39 is 11.7 Å². The number of benzene rings is 2. The molecule has 0 aliphatic carbocycles. The Morgan fingerprint density at radius 1 is 1.09 bits per heavy atom. The molecule has 34 heavy (non-hydrogen) atoms. The Morgan fingerprint density at radius 3 is 2.74 bits per heavy atom. The van der Waals surface area contributed by atoms with Crippen LogP contribution in [-0.2, 0) is 17.6 Å². The van der Waals surface area contributed by atoms with E-state index >= 15 is 0 Å². The van der Waals surface area contributed by atoms with Crippen molar-refractivity contribution in [2.24, 2.45) is 0 Å². The van der Waals surface area contributed by atoms with Crippen LogP contribution in [-0.4, -0.2) is 68.6 Å². The van der Waals surface area contributed by atoms with Crippen molar-refractivity contribution in [3.63, 3.8) is 0 Å². The van der Waals surface area contributed by atoms with Crippen LogP contribution < -0.4 is 14.2 Å². The zero-order valence-electron chi connectivity index (χ0n) is 19.5. The summed E-state index contributed by atoms with van der Waals surface area (Å²) in [5.41, 5.74) is 3.26. The third-order valence-corrected chi connectivity index (χ3v) is 6.57. The van der Waals surface area contributed by atoms with E-state index in [1.165, 1.54) is 0 Å². The minimum Gasteiger partial charge on any atom is -0.497 e. The van der Waals surface area contributed by atoms with Gasteiger partial charge in [-0.1, -0.05) is 0 Å². The fraction of sp³-hybridized carbons (Fsp3) is 0.385. The summed E-state index contributed by atoms with van der Waals surface area (Å²) in [5, 5.41) is 1.10. The highest BCUT2D eigenvalue weighted by Crippen LogP contribution is 2.36. The zero-order chi connectivity index (χ0) is 23.7. The summed E-state index contributed by atoms with van der Waals surface area (Å²) < 4.78 is 21.7. The molecule has 3 aromatic rings. The number of likely N-dealkylation sites (N-methyl/N-ethyl adjacent to an activating group) is 1. The Morgan fingerprint density at radius 2 is 1.91 bits per heavy atom. The minimum absolute atomic E-state index is 0.144. The molecular formula is C26H28N2O6. The number of ether oxygens (including phenoxy) is 3. The van der Waals surface area contributed by atoms with Gasteiger partial charge < -0.3 is 28.4 Å². The molecule has 1 amide bonds. The lowest BCUT2D eigenvalue weighted by Crippen LogP contribution is -2.38. The lowest BCUT2D eigenvalue weighted by molar-refractivity contribution is -0.126. The Balaban J connectivity index is 1.13. The van der Waals surface area contributed by atoms with E-state index in [1.54, 1.807) is 18.1 Å². The molecule has 0 saturated carbocycles. The van der Waals surface area contributed by atoms with Crippen molar-refractivity contribution in [1.29, 1.82) is 0 Å². The predicted octanol–water partition coefficient (Wildman–Crippen LogP) is 3.30. The maximum Gasteiger partial charge on any atom is 0.294 e. The molecule has 0 spiro atoms. The Hall–Kier alpha value is -3.52. The summed E-state index contributed by atoms with van der Waals surface area (Å²) in [6.45, 7) is 2.90. The molecule has 3 heterocycles. The summed E-state index contributed by atoms with van der Waals surface area (Å²) in [6.07, 6.45) is 4.08. The quantitative estimate of drug-likeness (QED) is 0.473. The SMILES string of the molecule is COc1ccc2c(CCN(C)CCCN3CCc4cc5c(cc4C(=O)C3=O)OCO5)coc2c1. The maximum absolute atomic E-state index is 12.8. The molecule has 0 unspecified atom stereocenters. The van der Waals surface area contributed by atoms with Crippen molar-refractivity contribution in [2.75, 3.05) is 47.1 Å². The van der Waals surface area contributed by atoms with Gasteiger partial charge in [0.05, 0.1) is 13.4 Å². The summed E-state index contributed by atoms with van der Waals surface area (Å²) in [5.74, 6) is 1.03. The smallest absolute Gasteiger partial charge is 0.294 e. The number of furan rings is 1. The Labute approximate surface area is 198 Å². The molecule has 0 atom stereocenters. The molecule has 8 nitrogen and oxygen atoms in total. The fourth-order valence-corrected chi connectivity index (χ4v) is 4.57. The second-order valence-electron chi connectivity index (χ2n) is 8.76. The number of hydrogen-bond donors (Lipinski definition) is 0. The van der Waals surface area contributed by atoms with Gasteiger partial charge in [0.25, 0.3) is 11.7 Å². The molecule has 2 aliphatic rings. The van der Waals surface area contributed by atoms with E-state index in [1.807, 2.05) is 30.5 Å². The third-order valence-electron chi connectivity index (χ3n) is 6.57. The van der Waals surface area contributed by atoms with Gasteiger partial charge in [-0.3, -0.25) is 9.59 Å². The number of nitrogens with zero attached hydrogens (tertiary/aromatic N) is 2. The number of carbonyl (C=O) groups is 2. The number of fused-ring (bicyclic) bond motifs is 3. The molecule has 1 aromatic heterocycles. The first-order valence-corrected chi connectivity index (χ1v) is 11.5. The highest BCUT2D eigenvalue weighted by Gasteiger charge is 2.31. The molecule has 178 valence electrons. The van der Waals surface area contributed by atoms with E-state index in [0.717, 1.165) is 53.8 Å². The number of ketones is 1. The molecule has 2 aliphatic heterocycles. The summed E-state index contributed by atoms with van der Waals surface area (Å²) in [4.78, 5) is 29.5. The van der Waals surface area contributed by atoms with Gasteiger partial charge >= 0.3 is 0 Å². The second-order valence-corrected chi connectivity index (χ2v) is 8.76. The molecule has 0 radical (unpaired) electrons. The lowest BCUT2D eigenvalue weighted by Gasteiger charge is -2.22. The molecule has 0 saturated heterocycles. The second kappa shape index (κ2) is 9.38. The maximum atomic E-state index is 12.8. The van der Waals surface area contributed by atoms with Crippen molar-refractivity contribution in [1.82, 2.24) is 9.80 Å². The van der Waals surface area contributed by atoms with Gasteiger partial charge in [0.1, 0.15) is 11.3 Å². The average molecular weight is 465 g/mol. The standard InChI is InChI=1S/C26H28N2O6/c1-27(10-6-18-15-32-22-13-19(31-2)4-5-20(18)22)8-3-9-28-11-7-17-12-23-24(34-16-33-23)14-21(17)25(29)26(28)30/h4-5,12-15H,3,6-11,16H2,1-2H3. The van der Waals surface area contributed by atoms with Crippen LogP contribution in [0.15, 0.2) is 41.0 Å².